The summed E-state index contributed by atoms with van der Waals surface area (Å²) in [6.07, 6.45) is 5.32. The zero-order valence-electron chi connectivity index (χ0n) is 18.2. The molecule has 1 atom stereocenters. The summed E-state index contributed by atoms with van der Waals surface area (Å²) in [7, 11) is 1.70. The summed E-state index contributed by atoms with van der Waals surface area (Å²) in [6.45, 7) is 6.12. The molecule has 1 saturated heterocycles. The first kappa shape index (κ1) is 23.8. The van der Waals surface area contributed by atoms with E-state index in [0.29, 0.717) is 25.4 Å². The van der Waals surface area contributed by atoms with Gasteiger partial charge in [0, 0.05) is 38.5 Å². The topological polar surface area (TPSA) is 94.0 Å². The highest BCUT2D eigenvalue weighted by atomic mass is 16.3. The average molecular weight is 415 g/mol. The van der Waals surface area contributed by atoms with Gasteiger partial charge >= 0.3 is 0 Å². The maximum Gasteiger partial charge on any atom is 0.243 e. The Hall–Kier alpha value is -2.51. The van der Waals surface area contributed by atoms with Crippen molar-refractivity contribution in [1.82, 2.24) is 10.2 Å². The lowest BCUT2D eigenvalue weighted by molar-refractivity contribution is -0.131. The highest BCUT2D eigenvalue weighted by Crippen LogP contribution is 2.12. The maximum atomic E-state index is 12.1. The Morgan fingerprint density at radius 3 is 2.63 bits per heavy atom. The Balaban J connectivity index is 1.72. The van der Waals surface area contributed by atoms with Gasteiger partial charge in [-0.05, 0) is 48.6 Å². The average Bonchev–Trinajstić information content (AvgIpc) is 3.10. The van der Waals surface area contributed by atoms with Gasteiger partial charge < -0.3 is 20.6 Å². The van der Waals surface area contributed by atoms with E-state index >= 15 is 0 Å². The van der Waals surface area contributed by atoms with E-state index in [4.69, 9.17) is 0 Å². The van der Waals surface area contributed by atoms with E-state index in [2.05, 4.69) is 29.5 Å². The van der Waals surface area contributed by atoms with Crippen LogP contribution in [0.1, 0.15) is 32.3 Å². The maximum absolute atomic E-state index is 12.1. The summed E-state index contributed by atoms with van der Waals surface area (Å²) in [5.41, 5.74) is 2.69. The number of aliphatic imine (C=N–C) groups is 1. The lowest BCUT2D eigenvalue weighted by Crippen LogP contribution is -2.33. The van der Waals surface area contributed by atoms with E-state index in [9.17, 15) is 14.7 Å². The van der Waals surface area contributed by atoms with E-state index in [1.165, 1.54) is 0 Å². The molecular formula is C23H34N4O3. The standard InChI is InChI=1S/C23H34N4O3/c1-17(2)13-19(14-24-3)21(28)15-25-11-10-18-6-8-20(9-7-18)26-22(29)16-27-12-4-5-23(27)30/h6-9,13-14,17,21,25,28H,4-5,10-12,15-16H2,1-3H3,(H,26,29)/b19-13+,24-14?/t21-/m0/s1. The minimum absolute atomic E-state index is 0.0481. The van der Waals surface area contributed by atoms with E-state index in [1.54, 1.807) is 18.2 Å². The third-order valence-electron chi connectivity index (χ3n) is 4.86. The molecular weight excluding hydrogens is 380 g/mol. The number of likely N-dealkylation sites (tertiary alicyclic amines) is 1. The Morgan fingerprint density at radius 1 is 1.30 bits per heavy atom. The van der Waals surface area contributed by atoms with Crippen LogP contribution in [0.15, 0.2) is 40.9 Å². The monoisotopic (exact) mass is 414 g/mol. The van der Waals surface area contributed by atoms with Crippen LogP contribution in [0, 0.1) is 5.92 Å². The summed E-state index contributed by atoms with van der Waals surface area (Å²) in [4.78, 5) is 29.3. The molecule has 1 aromatic rings. The molecule has 1 aliphatic heterocycles. The number of aliphatic hydroxyl groups is 1. The van der Waals surface area contributed by atoms with Gasteiger partial charge in [0.2, 0.25) is 11.8 Å². The van der Waals surface area contributed by atoms with Crippen molar-refractivity contribution in [3.63, 3.8) is 0 Å². The van der Waals surface area contributed by atoms with Gasteiger partial charge in [-0.15, -0.1) is 0 Å². The molecule has 164 valence electrons. The summed E-state index contributed by atoms with van der Waals surface area (Å²) >= 11 is 0. The van der Waals surface area contributed by atoms with Crippen LogP contribution in [-0.4, -0.2) is 67.4 Å². The number of carbonyl (C=O) groups excluding carboxylic acids is 2. The third kappa shape index (κ3) is 8.08. The number of hydrogen-bond donors (Lipinski definition) is 3. The van der Waals surface area contributed by atoms with Crippen LogP contribution in [0.4, 0.5) is 5.69 Å². The van der Waals surface area contributed by atoms with Gasteiger partial charge in [0.05, 0.1) is 12.6 Å². The number of anilines is 1. The van der Waals surface area contributed by atoms with E-state index in [1.807, 2.05) is 30.3 Å². The summed E-state index contributed by atoms with van der Waals surface area (Å²) in [5.74, 6) is 0.226. The fraction of sp³-hybridized carbons (Fsp3) is 0.522. The molecule has 0 radical (unpaired) electrons. The summed E-state index contributed by atoms with van der Waals surface area (Å²) in [6, 6.07) is 7.69. The molecule has 1 aromatic carbocycles. The number of aliphatic hydroxyl groups excluding tert-OH is 1. The van der Waals surface area contributed by atoms with Crippen LogP contribution in [0.3, 0.4) is 0 Å². The van der Waals surface area contributed by atoms with Crippen LogP contribution in [0.25, 0.3) is 0 Å². The molecule has 0 aromatic heterocycles. The van der Waals surface area contributed by atoms with Crippen LogP contribution in [0.2, 0.25) is 0 Å². The molecule has 0 spiro atoms. The molecule has 0 bridgehead atoms. The fourth-order valence-electron chi connectivity index (χ4n) is 3.36. The molecule has 2 amide bonds. The second-order valence-electron chi connectivity index (χ2n) is 7.93. The zero-order valence-corrected chi connectivity index (χ0v) is 18.2. The van der Waals surface area contributed by atoms with Crippen LogP contribution in [-0.2, 0) is 16.0 Å². The summed E-state index contributed by atoms with van der Waals surface area (Å²) < 4.78 is 0. The number of benzene rings is 1. The molecule has 1 fully saturated rings. The fourth-order valence-corrected chi connectivity index (χ4v) is 3.36. The number of hydrogen-bond acceptors (Lipinski definition) is 5. The number of rotatable bonds is 11. The molecule has 0 unspecified atom stereocenters. The first-order valence-corrected chi connectivity index (χ1v) is 10.6. The smallest absolute Gasteiger partial charge is 0.243 e. The number of amides is 2. The molecule has 3 N–H and O–H groups in total. The molecule has 0 saturated carbocycles. The predicted octanol–water partition coefficient (Wildman–Crippen LogP) is 2.02. The van der Waals surface area contributed by atoms with Crippen molar-refractivity contribution in [2.45, 2.75) is 39.2 Å². The first-order chi connectivity index (χ1) is 14.4. The number of nitrogens with zero attached hydrogens (tertiary/aromatic N) is 2. The van der Waals surface area contributed by atoms with E-state index < -0.39 is 6.10 Å². The SMILES string of the molecule is CN=C/C(=C\C(C)C)[C@@H](O)CNCCc1ccc(NC(=O)CN2CCCC2=O)cc1. The quantitative estimate of drug-likeness (QED) is 0.381. The van der Waals surface area contributed by atoms with E-state index in [0.717, 1.165) is 36.2 Å². The van der Waals surface area contributed by atoms with Crippen molar-refractivity contribution in [1.29, 1.82) is 0 Å². The van der Waals surface area contributed by atoms with Crippen molar-refractivity contribution < 1.29 is 14.7 Å². The Kier molecular flexibility index (Phi) is 9.70. The van der Waals surface area contributed by atoms with Crippen LogP contribution < -0.4 is 10.6 Å². The Morgan fingerprint density at radius 2 is 2.03 bits per heavy atom. The highest BCUT2D eigenvalue weighted by Gasteiger charge is 2.22. The number of carbonyl (C=O) groups is 2. The third-order valence-corrected chi connectivity index (χ3v) is 4.86. The molecule has 1 aliphatic rings. The Bertz CT molecular complexity index is 756. The Labute approximate surface area is 179 Å². The van der Waals surface area contributed by atoms with Crippen LogP contribution >= 0.6 is 0 Å². The number of allylic oxidation sites excluding steroid dienone is 1. The zero-order chi connectivity index (χ0) is 21.9. The van der Waals surface area contributed by atoms with Crippen molar-refractivity contribution in [2.24, 2.45) is 10.9 Å². The normalized spacial score (nSPS) is 16.0. The lowest BCUT2D eigenvalue weighted by atomic mass is 10.1. The molecule has 7 heteroatoms. The highest BCUT2D eigenvalue weighted by molar-refractivity contribution is 5.94. The van der Waals surface area contributed by atoms with Gasteiger partial charge in [0.25, 0.3) is 0 Å². The number of nitrogens with one attached hydrogen (secondary N) is 2. The molecule has 1 heterocycles. The summed E-state index contributed by atoms with van der Waals surface area (Å²) in [5, 5.41) is 16.5. The van der Waals surface area contributed by atoms with Crippen LogP contribution in [0.5, 0.6) is 0 Å². The molecule has 2 rings (SSSR count). The van der Waals surface area contributed by atoms with Gasteiger partial charge in [0.15, 0.2) is 0 Å². The van der Waals surface area contributed by atoms with Gasteiger partial charge in [-0.1, -0.05) is 32.1 Å². The molecule has 30 heavy (non-hydrogen) atoms. The van der Waals surface area contributed by atoms with Crippen molar-refractivity contribution >= 4 is 23.7 Å². The van der Waals surface area contributed by atoms with E-state index in [-0.39, 0.29) is 18.4 Å². The van der Waals surface area contributed by atoms with Crippen molar-refractivity contribution in [2.75, 3.05) is 38.5 Å². The van der Waals surface area contributed by atoms with Gasteiger partial charge in [0.1, 0.15) is 0 Å². The minimum atomic E-state index is -0.587. The molecule has 0 aliphatic carbocycles. The first-order valence-electron chi connectivity index (χ1n) is 10.6. The van der Waals surface area contributed by atoms with Crippen molar-refractivity contribution in [3.05, 3.63) is 41.5 Å². The van der Waals surface area contributed by atoms with Crippen molar-refractivity contribution in [3.8, 4) is 0 Å². The molecule has 7 nitrogen and oxygen atoms in total. The second kappa shape index (κ2) is 12.2. The largest absolute Gasteiger partial charge is 0.387 e. The van der Waals surface area contributed by atoms with Gasteiger partial charge in [-0.3, -0.25) is 14.6 Å². The lowest BCUT2D eigenvalue weighted by Gasteiger charge is -2.15. The van der Waals surface area contributed by atoms with Gasteiger partial charge in [-0.2, -0.15) is 0 Å². The second-order valence-corrected chi connectivity index (χ2v) is 7.93. The predicted molar refractivity (Wildman–Crippen MR) is 121 cm³/mol. The van der Waals surface area contributed by atoms with Gasteiger partial charge in [-0.25, -0.2) is 0 Å². The minimum Gasteiger partial charge on any atom is -0.387 e.